The van der Waals surface area contributed by atoms with Gasteiger partial charge >= 0.3 is 0 Å². The predicted octanol–water partition coefficient (Wildman–Crippen LogP) is 5.60. The molecular formula is C33H35F2NO5. The summed E-state index contributed by atoms with van der Waals surface area (Å²) in [6.45, 7) is 6.60. The summed E-state index contributed by atoms with van der Waals surface area (Å²) in [6, 6.07) is 7.94. The van der Waals surface area contributed by atoms with E-state index in [0.29, 0.717) is 36.0 Å². The van der Waals surface area contributed by atoms with Gasteiger partial charge in [0.25, 0.3) is 0 Å². The van der Waals surface area contributed by atoms with E-state index in [1.165, 1.54) is 6.07 Å². The van der Waals surface area contributed by atoms with E-state index in [2.05, 4.69) is 4.98 Å². The van der Waals surface area contributed by atoms with Gasteiger partial charge in [0.1, 0.15) is 29.8 Å². The van der Waals surface area contributed by atoms with Gasteiger partial charge in [0.05, 0.1) is 18.3 Å². The van der Waals surface area contributed by atoms with E-state index in [9.17, 15) is 19.4 Å². The topological polar surface area (TPSA) is 88.9 Å². The van der Waals surface area contributed by atoms with Crippen molar-refractivity contribution in [1.29, 1.82) is 0 Å². The molecule has 4 atom stereocenters. The fourth-order valence-electron chi connectivity index (χ4n) is 6.86. The van der Waals surface area contributed by atoms with Crippen LogP contribution in [0.4, 0.5) is 8.78 Å². The zero-order valence-electron chi connectivity index (χ0n) is 23.7. The normalized spacial score (nSPS) is 25.5. The molecule has 8 heteroatoms. The number of halogens is 2. The van der Waals surface area contributed by atoms with Crippen LogP contribution in [-0.2, 0) is 17.8 Å². The molecule has 0 spiro atoms. The van der Waals surface area contributed by atoms with E-state index in [1.54, 1.807) is 20.0 Å². The van der Waals surface area contributed by atoms with Crippen molar-refractivity contribution < 1.29 is 33.3 Å². The van der Waals surface area contributed by atoms with Gasteiger partial charge in [0.15, 0.2) is 0 Å². The van der Waals surface area contributed by atoms with Gasteiger partial charge in [0, 0.05) is 35.4 Å². The van der Waals surface area contributed by atoms with Gasteiger partial charge in [0.2, 0.25) is 5.88 Å². The van der Waals surface area contributed by atoms with Crippen molar-refractivity contribution in [3.63, 3.8) is 0 Å². The summed E-state index contributed by atoms with van der Waals surface area (Å²) in [5.41, 5.74) is 3.86. The first-order valence-corrected chi connectivity index (χ1v) is 14.2. The Kier molecular flexibility index (Phi) is 6.90. The molecule has 3 aliphatic rings. The van der Waals surface area contributed by atoms with Crippen molar-refractivity contribution in [3.05, 3.63) is 76.0 Å². The lowest BCUT2D eigenvalue weighted by molar-refractivity contribution is -0.118. The van der Waals surface area contributed by atoms with Crippen LogP contribution in [0.15, 0.2) is 36.5 Å². The number of fused-ring (bicyclic) bond motifs is 3. The summed E-state index contributed by atoms with van der Waals surface area (Å²) < 4.78 is 41.8. The second-order valence-electron chi connectivity index (χ2n) is 12.3. The van der Waals surface area contributed by atoms with E-state index in [-0.39, 0.29) is 54.0 Å². The minimum absolute atomic E-state index is 0.0235. The van der Waals surface area contributed by atoms with Crippen LogP contribution in [0.3, 0.4) is 0 Å². The lowest BCUT2D eigenvalue weighted by Gasteiger charge is -2.43. The van der Waals surface area contributed by atoms with Crippen molar-refractivity contribution >= 4 is 5.78 Å². The van der Waals surface area contributed by atoms with Gasteiger partial charge in [-0.15, -0.1) is 0 Å². The number of aryl methyl sites for hydroxylation is 2. The lowest BCUT2D eigenvalue weighted by atomic mass is 9.72. The maximum absolute atomic E-state index is 15.1. The van der Waals surface area contributed by atoms with Crippen LogP contribution in [0.5, 0.6) is 11.6 Å². The minimum atomic E-state index is -1.12. The van der Waals surface area contributed by atoms with E-state index in [0.717, 1.165) is 34.7 Å². The molecule has 0 amide bonds. The Labute approximate surface area is 238 Å². The molecule has 6 rings (SSSR count). The van der Waals surface area contributed by atoms with E-state index < -0.39 is 17.2 Å². The smallest absolute Gasteiger partial charge is 0.213 e. The Hall–Kier alpha value is -3.36. The van der Waals surface area contributed by atoms with Crippen LogP contribution in [-0.4, -0.2) is 39.3 Å². The predicted molar refractivity (Wildman–Crippen MR) is 149 cm³/mol. The first kappa shape index (κ1) is 27.8. The number of pyridine rings is 1. The number of Topliss-reactive ketones (excluding diaryl/α,β-unsaturated/α-hetero) is 1. The molecule has 0 aliphatic heterocycles. The van der Waals surface area contributed by atoms with Gasteiger partial charge < -0.3 is 19.7 Å². The molecule has 0 saturated heterocycles. The minimum Gasteiger partial charge on any atom is -0.490 e. The van der Waals surface area contributed by atoms with Crippen LogP contribution in [0, 0.1) is 43.2 Å². The van der Waals surface area contributed by atoms with Crippen molar-refractivity contribution in [2.75, 3.05) is 6.61 Å². The number of carbonyl (C=O) groups is 1. The number of aromatic nitrogens is 1. The SMILES string of the molecule is CC(=O)[C@H]1[C@@H]2Cc3cc(OCc4cc(-c5c(C)cc(OC6CC([C@@](C)(O)CO)C6)cc5C)c(F)cc4F)ncc3[C@@H]21. The summed E-state index contributed by atoms with van der Waals surface area (Å²) >= 11 is 0. The van der Waals surface area contributed by atoms with Gasteiger partial charge in [-0.3, -0.25) is 4.79 Å². The molecule has 0 unspecified atom stereocenters. The maximum Gasteiger partial charge on any atom is 0.213 e. The molecule has 216 valence electrons. The monoisotopic (exact) mass is 563 g/mol. The third kappa shape index (κ3) is 5.01. The molecule has 2 aromatic carbocycles. The van der Waals surface area contributed by atoms with Crippen LogP contribution < -0.4 is 9.47 Å². The van der Waals surface area contributed by atoms with Crippen molar-refractivity contribution in [1.82, 2.24) is 4.98 Å². The third-order valence-electron chi connectivity index (χ3n) is 9.34. The van der Waals surface area contributed by atoms with Crippen molar-refractivity contribution in [2.24, 2.45) is 17.8 Å². The van der Waals surface area contributed by atoms with Crippen LogP contribution in [0.25, 0.3) is 11.1 Å². The van der Waals surface area contributed by atoms with Gasteiger partial charge in [-0.05, 0) is 111 Å². The van der Waals surface area contributed by atoms with Gasteiger partial charge in [-0.1, -0.05) is 0 Å². The number of nitrogens with zero attached hydrogens (tertiary/aromatic N) is 1. The van der Waals surface area contributed by atoms with Gasteiger partial charge in [-0.2, -0.15) is 0 Å². The molecule has 1 aromatic heterocycles. The highest BCUT2D eigenvalue weighted by molar-refractivity contribution is 5.84. The second kappa shape index (κ2) is 10.2. The summed E-state index contributed by atoms with van der Waals surface area (Å²) in [4.78, 5) is 16.2. The van der Waals surface area contributed by atoms with E-state index in [1.807, 2.05) is 32.0 Å². The fraction of sp³-hybridized carbons (Fsp3) is 0.455. The van der Waals surface area contributed by atoms with E-state index >= 15 is 4.39 Å². The molecule has 3 aliphatic carbocycles. The number of ketones is 1. The highest BCUT2D eigenvalue weighted by atomic mass is 19.1. The lowest BCUT2D eigenvalue weighted by Crippen LogP contribution is -2.49. The average molecular weight is 564 g/mol. The summed E-state index contributed by atoms with van der Waals surface area (Å²) in [7, 11) is 0. The Bertz CT molecular complexity index is 1510. The number of hydrogen-bond donors (Lipinski definition) is 2. The van der Waals surface area contributed by atoms with Crippen molar-refractivity contribution in [3.8, 4) is 22.8 Å². The number of benzene rings is 2. The van der Waals surface area contributed by atoms with E-state index in [4.69, 9.17) is 9.47 Å². The molecule has 1 heterocycles. The quantitative estimate of drug-likeness (QED) is 0.353. The maximum atomic E-state index is 15.1. The average Bonchev–Trinajstić information content (AvgIpc) is 3.48. The third-order valence-corrected chi connectivity index (χ3v) is 9.34. The summed E-state index contributed by atoms with van der Waals surface area (Å²) in [6.07, 6.45) is 3.80. The highest BCUT2D eigenvalue weighted by Crippen LogP contribution is 2.61. The Morgan fingerprint density at radius 1 is 1.10 bits per heavy atom. The first-order chi connectivity index (χ1) is 19.5. The number of rotatable bonds is 9. The standard InChI is InChI=1S/C33H35F2NO5/c1-16-5-22(41-23-10-21(11-23)33(4,39)15-37)6-17(2)30(16)24-8-20(27(34)12-28(24)35)14-40-29-9-19-7-25-31(18(3)38)32(25)26(19)13-36-29/h5-6,8-9,12-13,21,23,25,31-32,37,39H,7,10-11,14-15H2,1-4H3/t21?,23?,25-,31-,32+,33-/m0/s1. The van der Waals surface area contributed by atoms with Gasteiger partial charge in [-0.25, -0.2) is 13.8 Å². The number of ether oxygens (including phenoxy) is 2. The molecule has 41 heavy (non-hydrogen) atoms. The number of hydrogen-bond acceptors (Lipinski definition) is 6. The van der Waals surface area contributed by atoms with Crippen molar-refractivity contribution in [2.45, 2.75) is 71.2 Å². The molecule has 6 nitrogen and oxygen atoms in total. The first-order valence-electron chi connectivity index (χ1n) is 14.2. The number of aliphatic hydroxyl groups is 2. The molecule has 3 aromatic rings. The Balaban J connectivity index is 1.16. The fourth-order valence-corrected chi connectivity index (χ4v) is 6.86. The zero-order chi connectivity index (χ0) is 29.2. The summed E-state index contributed by atoms with van der Waals surface area (Å²) in [5, 5.41) is 19.6. The van der Waals surface area contributed by atoms with Crippen LogP contribution in [0.1, 0.15) is 60.4 Å². The highest BCUT2D eigenvalue weighted by Gasteiger charge is 2.58. The molecule has 0 bridgehead atoms. The largest absolute Gasteiger partial charge is 0.490 e. The molecular weight excluding hydrogens is 528 g/mol. The Morgan fingerprint density at radius 3 is 2.46 bits per heavy atom. The molecule has 2 fully saturated rings. The molecule has 2 saturated carbocycles. The van der Waals surface area contributed by atoms with Crippen LogP contribution in [0.2, 0.25) is 0 Å². The second-order valence-corrected chi connectivity index (χ2v) is 12.3. The number of aliphatic hydroxyl groups excluding tert-OH is 1. The Morgan fingerprint density at radius 2 is 1.80 bits per heavy atom. The molecule has 0 radical (unpaired) electrons. The van der Waals surface area contributed by atoms with Crippen LogP contribution >= 0.6 is 0 Å². The number of carbonyl (C=O) groups excluding carboxylic acids is 1. The molecule has 2 N–H and O–H groups in total. The summed E-state index contributed by atoms with van der Waals surface area (Å²) in [5.74, 6) is 0.604. The zero-order valence-corrected chi connectivity index (χ0v) is 23.7.